The molecule has 0 saturated carbocycles. The van der Waals surface area contributed by atoms with Gasteiger partial charge in [-0.2, -0.15) is 0 Å². The first kappa shape index (κ1) is 11.4. The average molecular weight is 275 g/mol. The molecule has 3 N–H and O–H groups in total. The summed E-state index contributed by atoms with van der Waals surface area (Å²) in [7, 11) is 1.63. The van der Waals surface area contributed by atoms with Crippen molar-refractivity contribution in [1.82, 2.24) is 0 Å². The lowest BCUT2D eigenvalue weighted by molar-refractivity contribution is 0.412. The zero-order valence-corrected chi connectivity index (χ0v) is 10.1. The molecule has 76 valence electrons. The molecule has 14 heavy (non-hydrogen) atoms. The van der Waals surface area contributed by atoms with Crippen LogP contribution in [0.2, 0.25) is 0 Å². The Bertz CT molecular complexity index is 344. The predicted molar refractivity (Wildman–Crippen MR) is 63.9 cm³/mol. The van der Waals surface area contributed by atoms with Crippen LogP contribution in [0.25, 0.3) is 0 Å². The number of methoxy groups -OCH3 is 1. The van der Waals surface area contributed by atoms with E-state index < -0.39 is 0 Å². The number of hydrogen-bond donors (Lipinski definition) is 2. The summed E-state index contributed by atoms with van der Waals surface area (Å²) in [5.74, 6) is 1.51. The van der Waals surface area contributed by atoms with E-state index in [0.29, 0.717) is 5.75 Å². The first-order chi connectivity index (χ1) is 6.63. The molecule has 0 radical (unpaired) electrons. The normalized spacial score (nSPS) is 9.86. The molecule has 0 amide bonds. The van der Waals surface area contributed by atoms with Crippen LogP contribution < -0.4 is 10.5 Å². The average Bonchev–Trinajstić information content (AvgIpc) is 2.15. The Labute approximate surface area is 95.7 Å². The molecule has 0 unspecified atom stereocenters. The molecule has 0 atom stereocenters. The van der Waals surface area contributed by atoms with Crippen LogP contribution in [0.1, 0.15) is 5.56 Å². The molecule has 0 heterocycles. The van der Waals surface area contributed by atoms with E-state index in [4.69, 9.17) is 15.9 Å². The highest BCUT2D eigenvalue weighted by Crippen LogP contribution is 2.26. The fraction of sp³-hybridized carbons (Fsp3) is 0.222. The van der Waals surface area contributed by atoms with Crippen LogP contribution >= 0.6 is 27.7 Å². The van der Waals surface area contributed by atoms with Crippen LogP contribution in [-0.2, 0) is 5.75 Å². The van der Waals surface area contributed by atoms with Crippen molar-refractivity contribution in [1.29, 1.82) is 5.41 Å². The quantitative estimate of drug-likeness (QED) is 0.658. The lowest BCUT2D eigenvalue weighted by Crippen LogP contribution is -2.03. The first-order valence-electron chi connectivity index (χ1n) is 3.92. The summed E-state index contributed by atoms with van der Waals surface area (Å²) < 4.78 is 6.02. The second kappa shape index (κ2) is 5.26. The fourth-order valence-corrected chi connectivity index (χ4v) is 2.05. The van der Waals surface area contributed by atoms with Gasteiger partial charge in [-0.05, 0) is 33.6 Å². The SMILES string of the molecule is COc1ccc(CSC(=N)N)cc1Br. The molecule has 0 spiro atoms. The molecule has 0 aliphatic rings. The Morgan fingerprint density at radius 2 is 2.36 bits per heavy atom. The van der Waals surface area contributed by atoms with E-state index in [1.807, 2.05) is 18.2 Å². The van der Waals surface area contributed by atoms with Gasteiger partial charge in [-0.3, -0.25) is 5.41 Å². The monoisotopic (exact) mass is 274 g/mol. The molecular weight excluding hydrogens is 264 g/mol. The minimum absolute atomic E-state index is 0.136. The third-order valence-electron chi connectivity index (χ3n) is 1.61. The van der Waals surface area contributed by atoms with Gasteiger partial charge in [0.15, 0.2) is 5.17 Å². The number of thioether (sulfide) groups is 1. The van der Waals surface area contributed by atoms with Gasteiger partial charge in [0.1, 0.15) is 5.75 Å². The van der Waals surface area contributed by atoms with Gasteiger partial charge in [0.05, 0.1) is 11.6 Å². The molecule has 0 fully saturated rings. The number of nitrogens with two attached hydrogens (primary N) is 1. The number of benzene rings is 1. The van der Waals surface area contributed by atoms with E-state index in [9.17, 15) is 0 Å². The molecule has 5 heteroatoms. The smallest absolute Gasteiger partial charge is 0.151 e. The second-order valence-electron chi connectivity index (χ2n) is 2.62. The summed E-state index contributed by atoms with van der Waals surface area (Å²) >= 11 is 4.70. The number of halogens is 1. The van der Waals surface area contributed by atoms with Crippen molar-refractivity contribution in [2.45, 2.75) is 5.75 Å². The van der Waals surface area contributed by atoms with Gasteiger partial charge in [-0.25, -0.2) is 0 Å². The number of rotatable bonds is 3. The molecule has 0 bridgehead atoms. The summed E-state index contributed by atoms with van der Waals surface area (Å²) in [6.07, 6.45) is 0. The van der Waals surface area contributed by atoms with Crippen molar-refractivity contribution < 1.29 is 4.74 Å². The van der Waals surface area contributed by atoms with Gasteiger partial charge < -0.3 is 10.5 Å². The molecule has 0 saturated heterocycles. The summed E-state index contributed by atoms with van der Waals surface area (Å²) in [6, 6.07) is 5.81. The van der Waals surface area contributed by atoms with Crippen LogP contribution in [0.15, 0.2) is 22.7 Å². The lowest BCUT2D eigenvalue weighted by Gasteiger charge is -2.05. The third kappa shape index (κ3) is 3.23. The Morgan fingerprint density at radius 1 is 1.64 bits per heavy atom. The van der Waals surface area contributed by atoms with Crippen molar-refractivity contribution in [2.75, 3.05) is 7.11 Å². The van der Waals surface area contributed by atoms with Crippen molar-refractivity contribution in [3.8, 4) is 5.75 Å². The fourth-order valence-electron chi connectivity index (χ4n) is 0.961. The third-order valence-corrected chi connectivity index (χ3v) is 3.02. The lowest BCUT2D eigenvalue weighted by atomic mass is 10.2. The Morgan fingerprint density at radius 3 is 2.86 bits per heavy atom. The van der Waals surface area contributed by atoms with E-state index in [2.05, 4.69) is 15.9 Å². The predicted octanol–water partition coefficient (Wildman–Crippen LogP) is 2.58. The van der Waals surface area contributed by atoms with Crippen molar-refractivity contribution in [3.63, 3.8) is 0 Å². The number of nitrogens with one attached hydrogen (secondary N) is 1. The second-order valence-corrected chi connectivity index (χ2v) is 4.49. The molecule has 0 aliphatic carbocycles. The maximum Gasteiger partial charge on any atom is 0.151 e. The minimum atomic E-state index is 0.136. The number of hydrogen-bond acceptors (Lipinski definition) is 3. The molecule has 1 aromatic carbocycles. The molecule has 0 aliphatic heterocycles. The van der Waals surface area contributed by atoms with Crippen molar-refractivity contribution in [3.05, 3.63) is 28.2 Å². The highest BCUT2D eigenvalue weighted by molar-refractivity contribution is 9.10. The summed E-state index contributed by atoms with van der Waals surface area (Å²) in [5, 5.41) is 7.22. The Balaban J connectivity index is 2.71. The van der Waals surface area contributed by atoms with Gasteiger partial charge >= 0.3 is 0 Å². The Kier molecular flexibility index (Phi) is 4.28. The van der Waals surface area contributed by atoms with Crippen LogP contribution in [0.4, 0.5) is 0 Å². The molecule has 0 aromatic heterocycles. The largest absolute Gasteiger partial charge is 0.496 e. The van der Waals surface area contributed by atoms with E-state index in [-0.39, 0.29) is 5.17 Å². The van der Waals surface area contributed by atoms with E-state index in [1.54, 1.807) is 7.11 Å². The van der Waals surface area contributed by atoms with Gasteiger partial charge in [0, 0.05) is 5.75 Å². The minimum Gasteiger partial charge on any atom is -0.496 e. The van der Waals surface area contributed by atoms with Gasteiger partial charge in [-0.15, -0.1) is 0 Å². The maximum atomic E-state index is 7.08. The zero-order valence-electron chi connectivity index (χ0n) is 7.71. The number of amidine groups is 1. The highest BCUT2D eigenvalue weighted by atomic mass is 79.9. The topological polar surface area (TPSA) is 59.1 Å². The van der Waals surface area contributed by atoms with Crippen LogP contribution in [0, 0.1) is 5.41 Å². The van der Waals surface area contributed by atoms with E-state index in [1.165, 1.54) is 11.8 Å². The molecular formula is C9H11BrN2OS. The molecule has 3 nitrogen and oxygen atoms in total. The van der Waals surface area contributed by atoms with Crippen molar-refractivity contribution in [2.24, 2.45) is 5.73 Å². The van der Waals surface area contributed by atoms with Gasteiger partial charge in [0.2, 0.25) is 0 Å². The molecule has 1 aromatic rings. The first-order valence-corrected chi connectivity index (χ1v) is 5.70. The zero-order chi connectivity index (χ0) is 10.6. The van der Waals surface area contributed by atoms with E-state index in [0.717, 1.165) is 15.8 Å². The van der Waals surface area contributed by atoms with E-state index >= 15 is 0 Å². The van der Waals surface area contributed by atoms with Crippen LogP contribution in [0.3, 0.4) is 0 Å². The summed E-state index contributed by atoms with van der Waals surface area (Å²) in [6.45, 7) is 0. The van der Waals surface area contributed by atoms with Gasteiger partial charge in [0.25, 0.3) is 0 Å². The number of ether oxygens (including phenoxy) is 1. The maximum absolute atomic E-state index is 7.08. The highest BCUT2D eigenvalue weighted by Gasteiger charge is 2.01. The summed E-state index contributed by atoms with van der Waals surface area (Å²) in [5.41, 5.74) is 6.35. The standard InChI is InChI=1S/C9H11BrN2OS/c1-13-8-3-2-6(4-7(8)10)5-14-9(11)12/h2-4H,5H2,1H3,(H3,11,12). The Hall–Kier alpha value is -0.680. The molecule has 1 rings (SSSR count). The van der Waals surface area contributed by atoms with Crippen LogP contribution in [-0.4, -0.2) is 12.3 Å². The summed E-state index contributed by atoms with van der Waals surface area (Å²) in [4.78, 5) is 0. The van der Waals surface area contributed by atoms with Crippen molar-refractivity contribution >= 4 is 32.9 Å². The van der Waals surface area contributed by atoms with Crippen LogP contribution in [0.5, 0.6) is 5.75 Å². The van der Waals surface area contributed by atoms with Gasteiger partial charge in [-0.1, -0.05) is 17.8 Å².